The second-order valence-corrected chi connectivity index (χ2v) is 7.24. The van der Waals surface area contributed by atoms with Gasteiger partial charge in [0.25, 0.3) is 0 Å². The van der Waals surface area contributed by atoms with Crippen LogP contribution < -0.4 is 4.72 Å². The maximum absolute atomic E-state index is 12.3. The van der Waals surface area contributed by atoms with Gasteiger partial charge in [0, 0.05) is 23.3 Å². The number of aromatic nitrogens is 1. The van der Waals surface area contributed by atoms with Crippen molar-refractivity contribution in [1.29, 1.82) is 0 Å². The van der Waals surface area contributed by atoms with Crippen molar-refractivity contribution in [2.45, 2.75) is 11.4 Å². The Bertz CT molecular complexity index is 915. The summed E-state index contributed by atoms with van der Waals surface area (Å²) in [5.41, 5.74) is 1.97. The van der Waals surface area contributed by atoms with Gasteiger partial charge in [-0.05, 0) is 41.8 Å². The Morgan fingerprint density at radius 1 is 1.09 bits per heavy atom. The Labute approximate surface area is 134 Å². The van der Waals surface area contributed by atoms with Crippen molar-refractivity contribution in [3.05, 3.63) is 65.3 Å². The first-order valence-corrected chi connectivity index (χ1v) is 8.62. The smallest absolute Gasteiger partial charge is 0.240 e. The first-order chi connectivity index (χ1) is 10.5. The van der Waals surface area contributed by atoms with Crippen LogP contribution in [0.2, 0.25) is 5.02 Å². The lowest BCUT2D eigenvalue weighted by atomic mass is 10.2. The minimum atomic E-state index is -3.55. The molecule has 114 valence electrons. The average molecular weight is 335 g/mol. The van der Waals surface area contributed by atoms with E-state index in [-0.39, 0.29) is 11.4 Å². The third-order valence-electron chi connectivity index (χ3n) is 3.62. The van der Waals surface area contributed by atoms with Crippen LogP contribution in [0.3, 0.4) is 0 Å². The molecule has 0 spiro atoms. The summed E-state index contributed by atoms with van der Waals surface area (Å²) in [7, 11) is -1.63. The summed E-state index contributed by atoms with van der Waals surface area (Å²) in [5.74, 6) is 0. The van der Waals surface area contributed by atoms with Crippen molar-refractivity contribution in [3.63, 3.8) is 0 Å². The average Bonchev–Trinajstić information content (AvgIpc) is 2.83. The topological polar surface area (TPSA) is 51.1 Å². The SMILES string of the molecule is Cn1c(CNS(=O)(=O)c2ccc(Cl)cc2)cc2ccccc21. The highest BCUT2D eigenvalue weighted by Crippen LogP contribution is 2.19. The Morgan fingerprint density at radius 3 is 2.45 bits per heavy atom. The molecule has 3 aromatic rings. The molecule has 1 N–H and O–H groups in total. The van der Waals surface area contributed by atoms with Crippen molar-refractivity contribution in [2.24, 2.45) is 7.05 Å². The molecule has 3 rings (SSSR count). The molecule has 0 aliphatic heterocycles. The van der Waals surface area contributed by atoms with E-state index in [1.165, 1.54) is 12.1 Å². The summed E-state index contributed by atoms with van der Waals surface area (Å²) in [4.78, 5) is 0.204. The van der Waals surface area contributed by atoms with Crippen LogP contribution >= 0.6 is 11.6 Å². The summed E-state index contributed by atoms with van der Waals surface area (Å²) in [6, 6.07) is 16.0. The zero-order valence-corrected chi connectivity index (χ0v) is 13.5. The van der Waals surface area contributed by atoms with E-state index in [0.29, 0.717) is 5.02 Å². The van der Waals surface area contributed by atoms with Crippen LogP contribution in [0.25, 0.3) is 10.9 Å². The van der Waals surface area contributed by atoms with Crippen LogP contribution in [0.1, 0.15) is 5.69 Å². The van der Waals surface area contributed by atoms with Gasteiger partial charge < -0.3 is 4.57 Å². The molecule has 0 radical (unpaired) electrons. The van der Waals surface area contributed by atoms with Crippen molar-refractivity contribution in [3.8, 4) is 0 Å². The minimum absolute atomic E-state index is 0.204. The number of hydrogen-bond acceptors (Lipinski definition) is 2. The summed E-state index contributed by atoms with van der Waals surface area (Å²) in [6.07, 6.45) is 0. The van der Waals surface area contributed by atoms with Gasteiger partial charge in [-0.1, -0.05) is 29.8 Å². The fourth-order valence-electron chi connectivity index (χ4n) is 2.38. The van der Waals surface area contributed by atoms with E-state index in [9.17, 15) is 8.42 Å². The highest BCUT2D eigenvalue weighted by molar-refractivity contribution is 7.89. The Balaban J connectivity index is 1.84. The molecule has 0 saturated heterocycles. The molecule has 1 heterocycles. The normalized spacial score (nSPS) is 11.9. The minimum Gasteiger partial charge on any atom is -0.346 e. The summed E-state index contributed by atoms with van der Waals surface area (Å²) in [5, 5.41) is 1.60. The lowest BCUT2D eigenvalue weighted by Gasteiger charge is -2.08. The second kappa shape index (κ2) is 5.76. The lowest BCUT2D eigenvalue weighted by molar-refractivity contribution is 0.579. The molecule has 0 amide bonds. The molecule has 0 unspecified atom stereocenters. The number of nitrogens with zero attached hydrogens (tertiary/aromatic N) is 1. The quantitative estimate of drug-likeness (QED) is 0.795. The second-order valence-electron chi connectivity index (χ2n) is 5.03. The largest absolute Gasteiger partial charge is 0.346 e. The molecule has 6 heteroatoms. The number of rotatable bonds is 4. The van der Waals surface area contributed by atoms with Gasteiger partial charge in [0.15, 0.2) is 0 Å². The maximum atomic E-state index is 12.3. The molecule has 2 aromatic carbocycles. The van der Waals surface area contributed by atoms with Gasteiger partial charge in [0.1, 0.15) is 0 Å². The van der Waals surface area contributed by atoms with Gasteiger partial charge in [-0.25, -0.2) is 13.1 Å². The van der Waals surface area contributed by atoms with E-state index in [2.05, 4.69) is 4.72 Å². The van der Waals surface area contributed by atoms with E-state index >= 15 is 0 Å². The molecule has 1 aromatic heterocycles. The third-order valence-corrected chi connectivity index (χ3v) is 5.29. The molecule has 0 fully saturated rings. The van der Waals surface area contributed by atoms with E-state index < -0.39 is 10.0 Å². The van der Waals surface area contributed by atoms with Crippen LogP contribution in [0.15, 0.2) is 59.5 Å². The summed E-state index contributed by atoms with van der Waals surface area (Å²) in [6.45, 7) is 0.232. The first kappa shape index (κ1) is 15.1. The zero-order chi connectivity index (χ0) is 15.7. The van der Waals surface area contributed by atoms with Gasteiger partial charge in [-0.3, -0.25) is 0 Å². The van der Waals surface area contributed by atoms with Gasteiger partial charge >= 0.3 is 0 Å². The molecule has 0 aliphatic carbocycles. The maximum Gasteiger partial charge on any atom is 0.240 e. The van der Waals surface area contributed by atoms with Crippen molar-refractivity contribution < 1.29 is 8.42 Å². The number of halogens is 1. The van der Waals surface area contributed by atoms with Crippen molar-refractivity contribution in [1.82, 2.24) is 9.29 Å². The molecule has 0 atom stereocenters. The van der Waals surface area contributed by atoms with Gasteiger partial charge in [0.05, 0.1) is 11.4 Å². The molecule has 0 aliphatic rings. The van der Waals surface area contributed by atoms with Gasteiger partial charge in [0.2, 0.25) is 10.0 Å². The Hall–Kier alpha value is -1.82. The third kappa shape index (κ3) is 2.88. The summed E-state index contributed by atoms with van der Waals surface area (Å²) < 4.78 is 29.2. The molecular formula is C16H15ClN2O2S. The Morgan fingerprint density at radius 2 is 1.77 bits per heavy atom. The monoisotopic (exact) mass is 334 g/mol. The highest BCUT2D eigenvalue weighted by Gasteiger charge is 2.15. The predicted octanol–water partition coefficient (Wildman–Crippen LogP) is 3.31. The fourth-order valence-corrected chi connectivity index (χ4v) is 3.51. The molecule has 4 nitrogen and oxygen atoms in total. The van der Waals surface area contributed by atoms with E-state index in [0.717, 1.165) is 16.6 Å². The Kier molecular flexibility index (Phi) is 3.95. The van der Waals surface area contributed by atoms with Crippen molar-refractivity contribution >= 4 is 32.5 Å². The van der Waals surface area contributed by atoms with Gasteiger partial charge in [-0.2, -0.15) is 0 Å². The number of fused-ring (bicyclic) bond motifs is 1. The van der Waals surface area contributed by atoms with E-state index in [1.807, 2.05) is 41.9 Å². The van der Waals surface area contributed by atoms with Crippen LogP contribution in [-0.2, 0) is 23.6 Å². The highest BCUT2D eigenvalue weighted by atomic mass is 35.5. The van der Waals surface area contributed by atoms with Crippen LogP contribution in [0.5, 0.6) is 0 Å². The van der Waals surface area contributed by atoms with Crippen molar-refractivity contribution in [2.75, 3.05) is 0 Å². The molecule has 0 bridgehead atoms. The molecule has 0 saturated carbocycles. The van der Waals surface area contributed by atoms with E-state index in [1.54, 1.807) is 12.1 Å². The number of nitrogens with one attached hydrogen (secondary N) is 1. The predicted molar refractivity (Wildman–Crippen MR) is 88.4 cm³/mol. The van der Waals surface area contributed by atoms with E-state index in [4.69, 9.17) is 11.6 Å². The zero-order valence-electron chi connectivity index (χ0n) is 12.0. The molecule has 22 heavy (non-hydrogen) atoms. The standard InChI is InChI=1S/C16H15ClN2O2S/c1-19-14(10-12-4-2-3-5-16(12)19)11-18-22(20,21)15-8-6-13(17)7-9-15/h2-10,18H,11H2,1H3. The fraction of sp³-hybridized carbons (Fsp3) is 0.125. The number of benzene rings is 2. The van der Waals surface area contributed by atoms with Crippen LogP contribution in [0, 0.1) is 0 Å². The van der Waals surface area contributed by atoms with Gasteiger partial charge in [-0.15, -0.1) is 0 Å². The summed E-state index contributed by atoms with van der Waals surface area (Å²) >= 11 is 5.78. The molecular weight excluding hydrogens is 320 g/mol. The number of para-hydroxylation sites is 1. The van der Waals surface area contributed by atoms with Crippen LogP contribution in [0.4, 0.5) is 0 Å². The number of sulfonamides is 1. The lowest BCUT2D eigenvalue weighted by Crippen LogP contribution is -2.24. The number of hydrogen-bond donors (Lipinski definition) is 1. The van der Waals surface area contributed by atoms with Crippen LogP contribution in [-0.4, -0.2) is 13.0 Å². The number of aryl methyl sites for hydroxylation is 1. The first-order valence-electron chi connectivity index (χ1n) is 6.76.